The number of aromatic nitrogens is 5. The smallest absolute Gasteiger partial charge is 0.259 e. The number of hydrogen-bond acceptors (Lipinski definition) is 6. The van der Waals surface area contributed by atoms with Gasteiger partial charge < -0.3 is 4.57 Å². The van der Waals surface area contributed by atoms with E-state index < -0.39 is 0 Å². The van der Waals surface area contributed by atoms with Crippen LogP contribution in [0.2, 0.25) is 0 Å². The normalized spacial score (nSPS) is 17.2. The molecule has 2 aliphatic carbocycles. The van der Waals surface area contributed by atoms with Crippen LogP contribution in [0, 0.1) is 6.92 Å². The maximum absolute atomic E-state index is 12.6. The van der Waals surface area contributed by atoms with Crippen molar-refractivity contribution in [3.8, 4) is 0 Å². The molecule has 8 heteroatoms. The predicted molar refractivity (Wildman–Crippen MR) is 98.6 cm³/mol. The van der Waals surface area contributed by atoms with Crippen LogP contribution in [0.25, 0.3) is 4.96 Å². The number of nitrogens with zero attached hydrogens (tertiary/aromatic N) is 5. The number of aryl methyl sites for hydroxylation is 3. The molecule has 0 spiro atoms. The van der Waals surface area contributed by atoms with E-state index in [1.54, 1.807) is 29.2 Å². The maximum atomic E-state index is 12.6. The van der Waals surface area contributed by atoms with Crippen molar-refractivity contribution in [1.29, 1.82) is 0 Å². The monoisotopic (exact) mass is 373 g/mol. The van der Waals surface area contributed by atoms with E-state index in [1.807, 2.05) is 11.3 Å². The first-order chi connectivity index (χ1) is 12.2. The van der Waals surface area contributed by atoms with Gasteiger partial charge in [-0.3, -0.25) is 9.20 Å². The quantitative estimate of drug-likeness (QED) is 0.657. The third-order valence-electron chi connectivity index (χ3n) is 4.91. The maximum Gasteiger partial charge on any atom is 0.259 e. The van der Waals surface area contributed by atoms with Gasteiger partial charge in [-0.2, -0.15) is 0 Å². The summed E-state index contributed by atoms with van der Waals surface area (Å²) in [5.74, 6) is 1.62. The van der Waals surface area contributed by atoms with Crippen molar-refractivity contribution in [2.24, 2.45) is 0 Å². The van der Waals surface area contributed by atoms with Gasteiger partial charge in [0.25, 0.3) is 5.56 Å². The molecule has 3 aromatic heterocycles. The number of rotatable bonds is 4. The molecular formula is C17H19N5OS2. The lowest BCUT2D eigenvalue weighted by Crippen LogP contribution is -2.17. The van der Waals surface area contributed by atoms with Gasteiger partial charge in [0.1, 0.15) is 5.82 Å². The largest absolute Gasteiger partial charge is 0.303 e. The minimum atomic E-state index is 0.0554. The molecule has 6 nitrogen and oxygen atoms in total. The summed E-state index contributed by atoms with van der Waals surface area (Å²) in [4.78, 5) is 19.6. The highest BCUT2D eigenvalue weighted by Gasteiger charge is 2.28. The molecule has 0 atom stereocenters. The standard InChI is InChI=1S/C17H19N5OS2/c1-10-19-20-17(21(10)12-6-7-12)24-9-11-8-15(23)22-13-4-2-3-5-14(13)25-16(22)18-11/h8,12H,2-7,9H2,1H3. The second kappa shape index (κ2) is 5.95. The van der Waals surface area contributed by atoms with Gasteiger partial charge in [0.2, 0.25) is 0 Å². The summed E-state index contributed by atoms with van der Waals surface area (Å²) < 4.78 is 4.05. The molecule has 3 heterocycles. The van der Waals surface area contributed by atoms with Crippen LogP contribution in [0.5, 0.6) is 0 Å². The fourth-order valence-corrected chi connectivity index (χ4v) is 5.73. The van der Waals surface area contributed by atoms with Gasteiger partial charge in [-0.15, -0.1) is 21.5 Å². The molecule has 0 aliphatic heterocycles. The van der Waals surface area contributed by atoms with Crippen LogP contribution in [0.1, 0.15) is 53.8 Å². The lowest BCUT2D eigenvalue weighted by Gasteiger charge is -2.10. The van der Waals surface area contributed by atoms with Gasteiger partial charge in [0.15, 0.2) is 10.1 Å². The topological polar surface area (TPSA) is 65.1 Å². The third kappa shape index (κ3) is 2.71. The van der Waals surface area contributed by atoms with E-state index in [1.165, 1.54) is 36.3 Å². The molecule has 0 aromatic carbocycles. The highest BCUT2D eigenvalue weighted by Crippen LogP contribution is 2.39. The molecule has 1 fully saturated rings. The van der Waals surface area contributed by atoms with Crippen LogP contribution >= 0.6 is 23.1 Å². The van der Waals surface area contributed by atoms with Gasteiger partial charge >= 0.3 is 0 Å². The Kier molecular flexibility index (Phi) is 3.71. The van der Waals surface area contributed by atoms with Crippen LogP contribution in [0.3, 0.4) is 0 Å². The third-order valence-corrected chi connectivity index (χ3v) is 7.03. The van der Waals surface area contributed by atoms with E-state index >= 15 is 0 Å². The minimum absolute atomic E-state index is 0.0554. The number of hydrogen-bond donors (Lipinski definition) is 0. The molecule has 0 N–H and O–H groups in total. The second-order valence-corrected chi connectivity index (χ2v) is 8.81. The summed E-state index contributed by atoms with van der Waals surface area (Å²) >= 11 is 3.31. The first-order valence-corrected chi connectivity index (χ1v) is 10.6. The van der Waals surface area contributed by atoms with E-state index in [0.29, 0.717) is 11.8 Å². The zero-order valence-electron chi connectivity index (χ0n) is 14.1. The van der Waals surface area contributed by atoms with Crippen LogP contribution < -0.4 is 5.56 Å². The van der Waals surface area contributed by atoms with Gasteiger partial charge in [-0.1, -0.05) is 11.8 Å². The average Bonchev–Trinajstić information content (AvgIpc) is 3.26. The van der Waals surface area contributed by atoms with Gasteiger partial charge in [0.05, 0.1) is 5.69 Å². The Labute approximate surface area is 153 Å². The van der Waals surface area contributed by atoms with Crippen molar-refractivity contribution >= 4 is 28.1 Å². The van der Waals surface area contributed by atoms with Crippen molar-refractivity contribution in [2.75, 3.05) is 0 Å². The Morgan fingerprint density at radius 3 is 2.96 bits per heavy atom. The molecule has 1 saturated carbocycles. The van der Waals surface area contributed by atoms with Crippen LogP contribution in [0.4, 0.5) is 0 Å². The van der Waals surface area contributed by atoms with E-state index in [0.717, 1.165) is 34.5 Å². The van der Waals surface area contributed by atoms with Crippen LogP contribution in [-0.2, 0) is 18.6 Å². The summed E-state index contributed by atoms with van der Waals surface area (Å²) in [5.41, 5.74) is 2.07. The Morgan fingerprint density at radius 1 is 1.28 bits per heavy atom. The van der Waals surface area contributed by atoms with Crippen LogP contribution in [-0.4, -0.2) is 24.1 Å². The summed E-state index contributed by atoms with van der Waals surface area (Å²) in [7, 11) is 0. The highest BCUT2D eigenvalue weighted by molar-refractivity contribution is 7.98. The molecule has 0 unspecified atom stereocenters. The Hall–Kier alpha value is -1.67. The molecule has 130 valence electrons. The van der Waals surface area contributed by atoms with Crippen molar-refractivity contribution in [3.63, 3.8) is 0 Å². The lowest BCUT2D eigenvalue weighted by molar-refractivity contribution is 0.644. The molecule has 3 aromatic rings. The zero-order chi connectivity index (χ0) is 17.0. The SMILES string of the molecule is Cc1nnc(SCc2cc(=O)n3c4c(sc3n2)CCCC4)n1C1CC1. The molecule has 5 rings (SSSR count). The molecule has 0 saturated heterocycles. The Balaban J connectivity index is 1.45. The summed E-state index contributed by atoms with van der Waals surface area (Å²) in [6.45, 7) is 2.00. The number of thiazole rings is 1. The molecule has 0 bridgehead atoms. The summed E-state index contributed by atoms with van der Waals surface area (Å²) in [6.07, 6.45) is 6.87. The summed E-state index contributed by atoms with van der Waals surface area (Å²) in [6, 6.07) is 2.24. The van der Waals surface area contributed by atoms with E-state index in [4.69, 9.17) is 4.98 Å². The lowest BCUT2D eigenvalue weighted by atomic mass is 10.0. The average molecular weight is 374 g/mol. The van der Waals surface area contributed by atoms with Crippen molar-refractivity contribution < 1.29 is 0 Å². The predicted octanol–water partition coefficient (Wildman–Crippen LogP) is 3.16. The Morgan fingerprint density at radius 2 is 2.12 bits per heavy atom. The zero-order valence-corrected chi connectivity index (χ0v) is 15.7. The van der Waals surface area contributed by atoms with Crippen molar-refractivity contribution in [2.45, 2.75) is 62.4 Å². The second-order valence-electron chi connectivity index (χ2n) is 6.80. The molecule has 2 aliphatic rings. The molecule has 0 amide bonds. The molecular weight excluding hydrogens is 354 g/mol. The number of thioether (sulfide) groups is 1. The van der Waals surface area contributed by atoms with Gasteiger partial charge in [-0.05, 0) is 45.4 Å². The first kappa shape index (κ1) is 15.6. The van der Waals surface area contributed by atoms with E-state index in [9.17, 15) is 4.79 Å². The number of fused-ring (bicyclic) bond motifs is 3. The molecule has 0 radical (unpaired) electrons. The van der Waals surface area contributed by atoms with Gasteiger partial charge in [-0.25, -0.2) is 4.98 Å². The minimum Gasteiger partial charge on any atom is -0.303 e. The fourth-order valence-electron chi connectivity index (χ4n) is 3.56. The molecule has 25 heavy (non-hydrogen) atoms. The highest BCUT2D eigenvalue weighted by atomic mass is 32.2. The van der Waals surface area contributed by atoms with Crippen molar-refractivity contribution in [1.82, 2.24) is 24.1 Å². The fraction of sp³-hybridized carbons (Fsp3) is 0.529. The summed E-state index contributed by atoms with van der Waals surface area (Å²) in [5, 5.41) is 9.44. The van der Waals surface area contributed by atoms with Crippen LogP contribution in [0.15, 0.2) is 16.0 Å². The van der Waals surface area contributed by atoms with Gasteiger partial charge in [0, 0.05) is 28.4 Å². The van der Waals surface area contributed by atoms with Crippen molar-refractivity contribution in [3.05, 3.63) is 38.5 Å². The van der Waals surface area contributed by atoms with E-state index in [2.05, 4.69) is 14.8 Å². The Bertz CT molecular complexity index is 1010. The van der Waals surface area contributed by atoms with E-state index in [-0.39, 0.29) is 5.56 Å². The first-order valence-electron chi connectivity index (χ1n) is 8.78.